The summed E-state index contributed by atoms with van der Waals surface area (Å²) in [5.41, 5.74) is -1.36. The highest BCUT2D eigenvalue weighted by Crippen LogP contribution is 2.55. The summed E-state index contributed by atoms with van der Waals surface area (Å²) in [6.45, 7) is 8.46. The highest BCUT2D eigenvalue weighted by Gasteiger charge is 2.60. The fourth-order valence-electron chi connectivity index (χ4n) is 2.96. The molecule has 0 aromatic rings. The van der Waals surface area contributed by atoms with E-state index in [1.165, 1.54) is 0 Å². The van der Waals surface area contributed by atoms with Crippen molar-refractivity contribution < 1.29 is 19.1 Å². The molecule has 1 aliphatic heterocycles. The molecule has 0 N–H and O–H groups in total. The first kappa shape index (κ1) is 14.4. The molecule has 2 fully saturated rings. The van der Waals surface area contributed by atoms with Gasteiger partial charge in [-0.2, -0.15) is 0 Å². The van der Waals surface area contributed by atoms with Gasteiger partial charge < -0.3 is 14.4 Å². The molecule has 0 bridgehead atoms. The lowest BCUT2D eigenvalue weighted by Gasteiger charge is -2.30. The van der Waals surface area contributed by atoms with Gasteiger partial charge in [0.15, 0.2) is 0 Å². The van der Waals surface area contributed by atoms with Gasteiger partial charge in [-0.3, -0.25) is 0 Å². The zero-order valence-electron chi connectivity index (χ0n) is 11.7. The standard InChI is InChI=1S/C13H20ClNO4/c1-7-8-5-15(12(17)19-13(2,3)4)9(10(7)8)6-18-11(14)16/h7-10H,5-6H2,1-4H3/t7-,8+,9-,10-/m1/s1. The van der Waals surface area contributed by atoms with Crippen LogP contribution in [-0.2, 0) is 9.47 Å². The van der Waals surface area contributed by atoms with Crippen molar-refractivity contribution in [1.29, 1.82) is 0 Å². The van der Waals surface area contributed by atoms with Gasteiger partial charge in [0.25, 0.3) is 0 Å². The Hall–Kier alpha value is -0.970. The Morgan fingerprint density at radius 3 is 2.53 bits per heavy atom. The predicted octanol–water partition coefficient (Wildman–Crippen LogP) is 2.86. The highest BCUT2D eigenvalue weighted by molar-refractivity contribution is 6.61. The molecule has 0 spiro atoms. The Labute approximate surface area is 118 Å². The third-order valence-electron chi connectivity index (χ3n) is 3.88. The molecule has 1 saturated heterocycles. The normalized spacial score (nSPS) is 32.8. The number of hydrogen-bond acceptors (Lipinski definition) is 4. The van der Waals surface area contributed by atoms with Crippen LogP contribution in [0.25, 0.3) is 0 Å². The van der Waals surface area contributed by atoms with Crippen LogP contribution in [0.5, 0.6) is 0 Å². The zero-order valence-corrected chi connectivity index (χ0v) is 12.4. The number of ether oxygens (including phenoxy) is 2. The number of amides is 1. The fraction of sp³-hybridized carbons (Fsp3) is 0.846. The number of likely N-dealkylation sites (tertiary alicyclic amines) is 1. The molecule has 1 amide bonds. The Bertz CT molecular complexity index is 393. The monoisotopic (exact) mass is 289 g/mol. The summed E-state index contributed by atoms with van der Waals surface area (Å²) in [7, 11) is 0. The molecule has 0 aromatic heterocycles. The molecule has 0 radical (unpaired) electrons. The van der Waals surface area contributed by atoms with Gasteiger partial charge in [0.1, 0.15) is 12.2 Å². The number of fused-ring (bicyclic) bond motifs is 1. The maximum Gasteiger partial charge on any atom is 0.410 e. The maximum absolute atomic E-state index is 12.1. The quantitative estimate of drug-likeness (QED) is 0.734. The van der Waals surface area contributed by atoms with E-state index in [4.69, 9.17) is 21.1 Å². The van der Waals surface area contributed by atoms with E-state index in [0.717, 1.165) is 0 Å². The van der Waals surface area contributed by atoms with Crippen LogP contribution in [0.3, 0.4) is 0 Å². The number of carbonyl (C=O) groups is 2. The van der Waals surface area contributed by atoms with E-state index in [1.807, 2.05) is 20.8 Å². The minimum absolute atomic E-state index is 0.113. The predicted molar refractivity (Wildman–Crippen MR) is 70.1 cm³/mol. The molecule has 1 saturated carbocycles. The van der Waals surface area contributed by atoms with E-state index < -0.39 is 11.0 Å². The summed E-state index contributed by atoms with van der Waals surface area (Å²) < 4.78 is 10.2. The second-order valence-corrected chi connectivity index (χ2v) is 6.66. The summed E-state index contributed by atoms with van der Waals surface area (Å²) in [4.78, 5) is 24.5. The third kappa shape index (κ3) is 3.14. The number of halogens is 1. The molecular formula is C13H20ClNO4. The molecule has 19 heavy (non-hydrogen) atoms. The van der Waals surface area contributed by atoms with Gasteiger partial charge in [0.2, 0.25) is 0 Å². The van der Waals surface area contributed by atoms with Crippen LogP contribution in [0.2, 0.25) is 0 Å². The topological polar surface area (TPSA) is 55.8 Å². The van der Waals surface area contributed by atoms with E-state index in [2.05, 4.69) is 6.92 Å². The first-order valence-electron chi connectivity index (χ1n) is 6.52. The number of rotatable bonds is 2. The molecule has 0 unspecified atom stereocenters. The van der Waals surface area contributed by atoms with Crippen molar-refractivity contribution in [2.45, 2.75) is 39.3 Å². The lowest BCUT2D eigenvalue weighted by atomic mass is 10.1. The first-order valence-corrected chi connectivity index (χ1v) is 6.90. The number of carbonyl (C=O) groups excluding carboxylic acids is 2. The Morgan fingerprint density at radius 1 is 1.37 bits per heavy atom. The molecule has 1 aliphatic carbocycles. The van der Waals surface area contributed by atoms with E-state index >= 15 is 0 Å². The molecular weight excluding hydrogens is 270 g/mol. The average Bonchev–Trinajstić information content (AvgIpc) is 2.71. The SMILES string of the molecule is C[C@@H]1[C@@H]2CN(C(=O)OC(C)(C)C)[C@H](COC(=O)Cl)[C@H]12. The van der Waals surface area contributed by atoms with Crippen molar-refractivity contribution in [3.05, 3.63) is 0 Å². The molecule has 6 heteroatoms. The Balaban J connectivity index is 1.99. The molecule has 2 aliphatic rings. The van der Waals surface area contributed by atoms with Crippen LogP contribution in [-0.4, -0.2) is 41.2 Å². The van der Waals surface area contributed by atoms with Crippen LogP contribution >= 0.6 is 11.6 Å². The van der Waals surface area contributed by atoms with Crippen LogP contribution < -0.4 is 0 Å². The van der Waals surface area contributed by atoms with Gasteiger partial charge in [-0.05, 0) is 38.5 Å². The van der Waals surface area contributed by atoms with Gasteiger partial charge in [0.05, 0.1) is 6.04 Å². The molecule has 5 nitrogen and oxygen atoms in total. The molecule has 1 heterocycles. The fourth-order valence-corrected chi connectivity index (χ4v) is 3.02. The van der Waals surface area contributed by atoms with Crippen LogP contribution in [0.4, 0.5) is 9.59 Å². The summed E-state index contributed by atoms with van der Waals surface area (Å²) >= 11 is 5.19. The summed E-state index contributed by atoms with van der Waals surface area (Å²) in [6, 6.07) is -0.113. The Morgan fingerprint density at radius 2 is 2.00 bits per heavy atom. The van der Waals surface area contributed by atoms with Crippen molar-refractivity contribution in [2.24, 2.45) is 17.8 Å². The molecule has 108 valence electrons. The van der Waals surface area contributed by atoms with Crippen molar-refractivity contribution in [3.63, 3.8) is 0 Å². The maximum atomic E-state index is 12.1. The minimum atomic E-state index is -0.833. The first-order chi connectivity index (χ1) is 8.70. The summed E-state index contributed by atoms with van der Waals surface area (Å²) in [5, 5.41) is 0. The average molecular weight is 290 g/mol. The smallest absolute Gasteiger partial charge is 0.410 e. The van der Waals surface area contributed by atoms with Crippen molar-refractivity contribution >= 4 is 23.1 Å². The van der Waals surface area contributed by atoms with Crippen molar-refractivity contribution in [1.82, 2.24) is 4.90 Å². The van der Waals surface area contributed by atoms with E-state index in [-0.39, 0.29) is 18.7 Å². The number of piperidine rings is 1. The lowest BCUT2D eigenvalue weighted by molar-refractivity contribution is 0.0112. The van der Waals surface area contributed by atoms with Gasteiger partial charge in [-0.25, -0.2) is 9.59 Å². The van der Waals surface area contributed by atoms with Crippen molar-refractivity contribution in [3.8, 4) is 0 Å². The molecule has 4 atom stereocenters. The third-order valence-corrected chi connectivity index (χ3v) is 3.99. The highest BCUT2D eigenvalue weighted by atomic mass is 35.5. The summed E-state index contributed by atoms with van der Waals surface area (Å²) in [5.74, 6) is 1.45. The van der Waals surface area contributed by atoms with E-state index in [9.17, 15) is 9.59 Å². The van der Waals surface area contributed by atoms with E-state index in [1.54, 1.807) is 4.90 Å². The molecule has 2 rings (SSSR count). The van der Waals surface area contributed by atoms with Crippen LogP contribution in [0.1, 0.15) is 27.7 Å². The van der Waals surface area contributed by atoms with Crippen LogP contribution in [0.15, 0.2) is 0 Å². The van der Waals surface area contributed by atoms with Gasteiger partial charge in [-0.15, -0.1) is 0 Å². The van der Waals surface area contributed by atoms with Gasteiger partial charge >= 0.3 is 11.5 Å². The lowest BCUT2D eigenvalue weighted by Crippen LogP contribution is -2.44. The second-order valence-electron chi connectivity index (χ2n) is 6.35. The minimum Gasteiger partial charge on any atom is -0.451 e. The van der Waals surface area contributed by atoms with Crippen LogP contribution in [0, 0.1) is 17.8 Å². The Kier molecular flexibility index (Phi) is 3.69. The van der Waals surface area contributed by atoms with E-state index in [0.29, 0.717) is 24.3 Å². The zero-order chi connectivity index (χ0) is 14.4. The van der Waals surface area contributed by atoms with Gasteiger partial charge in [-0.1, -0.05) is 6.92 Å². The number of hydrogen-bond donors (Lipinski definition) is 0. The molecule has 0 aromatic carbocycles. The van der Waals surface area contributed by atoms with Crippen molar-refractivity contribution in [2.75, 3.05) is 13.2 Å². The van der Waals surface area contributed by atoms with Gasteiger partial charge in [0, 0.05) is 18.1 Å². The summed E-state index contributed by atoms with van der Waals surface area (Å²) in [6.07, 6.45) is -0.345. The largest absolute Gasteiger partial charge is 0.451 e. The number of nitrogens with zero attached hydrogens (tertiary/aromatic N) is 1. The second kappa shape index (κ2) is 4.85.